The third-order valence-electron chi connectivity index (χ3n) is 3.45. The molecule has 0 aliphatic rings. The molecule has 23 heavy (non-hydrogen) atoms. The summed E-state index contributed by atoms with van der Waals surface area (Å²) in [5.41, 5.74) is 3.35. The van der Waals surface area contributed by atoms with Gasteiger partial charge in [-0.2, -0.15) is 5.26 Å². The van der Waals surface area contributed by atoms with Crippen LogP contribution < -0.4 is 0 Å². The predicted octanol–water partition coefficient (Wildman–Crippen LogP) is 4.01. The molecule has 0 aliphatic heterocycles. The first kappa shape index (κ1) is 15.3. The molecule has 5 heteroatoms. The number of H-pyrrole nitrogens is 1. The zero-order valence-corrected chi connectivity index (χ0v) is 13.5. The van der Waals surface area contributed by atoms with Crippen molar-refractivity contribution in [2.24, 2.45) is 0 Å². The van der Waals surface area contributed by atoms with E-state index in [9.17, 15) is 5.26 Å². The lowest BCUT2D eigenvalue weighted by molar-refractivity contribution is 0.954. The summed E-state index contributed by atoms with van der Waals surface area (Å²) in [6, 6.07) is 20.4. The Bertz CT molecular complexity index is 803. The summed E-state index contributed by atoms with van der Waals surface area (Å²) in [4.78, 5) is 4.47. The Labute approximate surface area is 139 Å². The van der Waals surface area contributed by atoms with Crippen LogP contribution in [-0.2, 0) is 6.42 Å². The summed E-state index contributed by atoms with van der Waals surface area (Å²) >= 11 is 1.39. The second kappa shape index (κ2) is 7.12. The minimum Gasteiger partial charge on any atom is -0.258 e. The van der Waals surface area contributed by atoms with Crippen molar-refractivity contribution in [3.63, 3.8) is 0 Å². The largest absolute Gasteiger partial charge is 0.258 e. The number of hydrogen-bond donors (Lipinski definition) is 1. The van der Waals surface area contributed by atoms with Crippen molar-refractivity contribution in [2.45, 2.75) is 23.8 Å². The summed E-state index contributed by atoms with van der Waals surface area (Å²) in [6.45, 7) is 2.05. The first-order chi connectivity index (χ1) is 11.2. The third-order valence-corrected chi connectivity index (χ3v) is 4.40. The van der Waals surface area contributed by atoms with Crippen LogP contribution in [0.2, 0.25) is 0 Å². The maximum absolute atomic E-state index is 9.39. The van der Waals surface area contributed by atoms with Crippen LogP contribution in [0.5, 0.6) is 0 Å². The average molecular weight is 320 g/mol. The first-order valence-corrected chi connectivity index (χ1v) is 8.22. The lowest BCUT2D eigenvalue weighted by Gasteiger charge is -2.06. The van der Waals surface area contributed by atoms with Crippen molar-refractivity contribution >= 4 is 11.8 Å². The maximum atomic E-state index is 9.39. The molecule has 0 fully saturated rings. The van der Waals surface area contributed by atoms with Crippen LogP contribution >= 0.6 is 11.8 Å². The molecule has 0 unspecified atom stereocenters. The zero-order chi connectivity index (χ0) is 16.1. The van der Waals surface area contributed by atoms with Gasteiger partial charge in [0.05, 0.1) is 6.07 Å². The highest BCUT2D eigenvalue weighted by Gasteiger charge is 2.14. The van der Waals surface area contributed by atoms with E-state index < -0.39 is 0 Å². The number of hydrogen-bond acceptors (Lipinski definition) is 4. The Kier molecular flexibility index (Phi) is 4.74. The Morgan fingerprint density at radius 2 is 1.87 bits per heavy atom. The van der Waals surface area contributed by atoms with Crippen molar-refractivity contribution in [1.29, 1.82) is 5.26 Å². The second-order valence-corrected chi connectivity index (χ2v) is 6.43. The number of aromatic amines is 1. The van der Waals surface area contributed by atoms with E-state index >= 15 is 0 Å². The van der Waals surface area contributed by atoms with Gasteiger partial charge in [-0.25, -0.2) is 4.98 Å². The van der Waals surface area contributed by atoms with Gasteiger partial charge in [-0.3, -0.25) is 5.10 Å². The molecule has 3 rings (SSSR count). The van der Waals surface area contributed by atoms with E-state index in [1.807, 2.05) is 30.3 Å². The smallest absolute Gasteiger partial charge is 0.210 e. The van der Waals surface area contributed by atoms with Gasteiger partial charge in [-0.1, -0.05) is 71.9 Å². The topological polar surface area (TPSA) is 65.4 Å². The zero-order valence-electron chi connectivity index (χ0n) is 12.7. The van der Waals surface area contributed by atoms with Crippen LogP contribution in [0.25, 0.3) is 11.4 Å². The maximum Gasteiger partial charge on any atom is 0.210 e. The highest BCUT2D eigenvalue weighted by molar-refractivity contribution is 8.00. The lowest BCUT2D eigenvalue weighted by Crippen LogP contribution is -2.04. The van der Waals surface area contributed by atoms with Crippen molar-refractivity contribution in [2.75, 3.05) is 0 Å². The van der Waals surface area contributed by atoms with Crippen LogP contribution in [-0.4, -0.2) is 20.4 Å². The van der Waals surface area contributed by atoms with Gasteiger partial charge in [-0.05, 0) is 18.9 Å². The molecule has 1 N–H and O–H groups in total. The molecule has 1 atom stereocenters. The Morgan fingerprint density at radius 3 is 2.57 bits per heavy atom. The summed E-state index contributed by atoms with van der Waals surface area (Å²) in [5.74, 6) is 0.722. The van der Waals surface area contributed by atoms with Crippen molar-refractivity contribution in [3.05, 3.63) is 65.7 Å². The van der Waals surface area contributed by atoms with Crippen molar-refractivity contribution < 1.29 is 0 Å². The van der Waals surface area contributed by atoms with E-state index in [0.717, 1.165) is 17.0 Å². The minimum atomic E-state index is -0.211. The number of aromatic nitrogens is 3. The van der Waals surface area contributed by atoms with Gasteiger partial charge in [0, 0.05) is 5.56 Å². The summed E-state index contributed by atoms with van der Waals surface area (Å²) < 4.78 is 0. The van der Waals surface area contributed by atoms with Gasteiger partial charge in [-0.15, -0.1) is 5.10 Å². The molecule has 0 aliphatic carbocycles. The second-order valence-electron chi connectivity index (χ2n) is 5.26. The number of nitrogens with zero attached hydrogens (tertiary/aromatic N) is 3. The fourth-order valence-corrected chi connectivity index (χ4v) is 3.03. The Morgan fingerprint density at radius 1 is 1.13 bits per heavy atom. The van der Waals surface area contributed by atoms with Crippen LogP contribution in [0.1, 0.15) is 11.1 Å². The van der Waals surface area contributed by atoms with E-state index in [2.05, 4.69) is 52.4 Å². The molecule has 0 spiro atoms. The van der Waals surface area contributed by atoms with Gasteiger partial charge in [0.15, 0.2) is 5.82 Å². The normalized spacial score (nSPS) is 11.8. The number of rotatable bonds is 5. The molecule has 4 nitrogen and oxygen atoms in total. The summed E-state index contributed by atoms with van der Waals surface area (Å²) in [7, 11) is 0. The van der Waals surface area contributed by atoms with E-state index in [1.165, 1.54) is 17.3 Å². The van der Waals surface area contributed by atoms with Gasteiger partial charge < -0.3 is 0 Å². The van der Waals surface area contributed by atoms with Gasteiger partial charge in [0.25, 0.3) is 0 Å². The highest BCUT2D eigenvalue weighted by atomic mass is 32.2. The number of nitrogens with one attached hydrogen (secondary N) is 1. The minimum absolute atomic E-state index is 0.211. The lowest BCUT2D eigenvalue weighted by atomic mass is 10.1. The molecule has 0 bridgehead atoms. The Balaban J connectivity index is 1.69. The van der Waals surface area contributed by atoms with Crippen LogP contribution in [0.15, 0.2) is 59.8 Å². The van der Waals surface area contributed by atoms with E-state index in [-0.39, 0.29) is 5.25 Å². The molecule has 0 amide bonds. The summed E-state index contributed by atoms with van der Waals surface area (Å²) in [6.07, 6.45) is 0.677. The molecule has 1 aromatic heterocycles. The molecule has 114 valence electrons. The number of nitriles is 1. The highest BCUT2D eigenvalue weighted by Crippen LogP contribution is 2.24. The number of aryl methyl sites for hydroxylation is 1. The van der Waals surface area contributed by atoms with Crippen LogP contribution in [0, 0.1) is 18.3 Å². The number of benzene rings is 2. The molecule has 2 aromatic carbocycles. The third kappa shape index (κ3) is 3.99. The standard InChI is InChI=1S/C18H16N4S/c1-13-7-9-14(10-8-13)11-16(12-19)23-18-20-17(21-22-18)15-5-3-2-4-6-15/h2-10,16H,11H2,1H3,(H,20,21,22)/t16-/m1/s1. The Hall–Kier alpha value is -2.58. The van der Waals surface area contributed by atoms with Gasteiger partial charge in [0.2, 0.25) is 5.16 Å². The molecule has 3 aromatic rings. The van der Waals surface area contributed by atoms with E-state index in [0.29, 0.717) is 11.6 Å². The van der Waals surface area contributed by atoms with Crippen LogP contribution in [0.4, 0.5) is 0 Å². The quantitative estimate of drug-likeness (QED) is 0.721. The molecule has 0 saturated carbocycles. The predicted molar refractivity (Wildman–Crippen MR) is 92.0 cm³/mol. The monoisotopic (exact) mass is 320 g/mol. The van der Waals surface area contributed by atoms with E-state index in [4.69, 9.17) is 0 Å². The van der Waals surface area contributed by atoms with E-state index in [1.54, 1.807) is 0 Å². The van der Waals surface area contributed by atoms with Gasteiger partial charge >= 0.3 is 0 Å². The summed E-state index contributed by atoms with van der Waals surface area (Å²) in [5, 5.41) is 16.9. The van der Waals surface area contributed by atoms with Crippen LogP contribution in [0.3, 0.4) is 0 Å². The molecule has 0 saturated heterocycles. The fourth-order valence-electron chi connectivity index (χ4n) is 2.20. The molecular weight excluding hydrogens is 304 g/mol. The number of thioether (sulfide) groups is 1. The van der Waals surface area contributed by atoms with Gasteiger partial charge in [0.1, 0.15) is 5.25 Å². The molecular formula is C18H16N4S. The fraction of sp³-hybridized carbons (Fsp3) is 0.167. The average Bonchev–Trinajstić information content (AvgIpc) is 3.05. The SMILES string of the molecule is Cc1ccc(C[C@H](C#N)Sc2n[nH]c(-c3ccccc3)n2)cc1. The van der Waals surface area contributed by atoms with Crippen molar-refractivity contribution in [3.8, 4) is 17.5 Å². The molecule has 1 heterocycles. The molecule has 0 radical (unpaired) electrons. The first-order valence-electron chi connectivity index (χ1n) is 7.34. The van der Waals surface area contributed by atoms with Crippen molar-refractivity contribution in [1.82, 2.24) is 15.2 Å².